The van der Waals surface area contributed by atoms with Gasteiger partial charge in [0.15, 0.2) is 0 Å². The van der Waals surface area contributed by atoms with Gasteiger partial charge in [0.05, 0.1) is 0 Å². The molecule has 0 unspecified atom stereocenters. The van der Waals surface area contributed by atoms with Gasteiger partial charge in [-0.2, -0.15) is 0 Å². The Labute approximate surface area is 86.8 Å². The first kappa shape index (κ1) is 10.2. The molecular formula is C11H19BO2. The van der Waals surface area contributed by atoms with E-state index in [2.05, 4.69) is 26.8 Å². The van der Waals surface area contributed by atoms with Crippen molar-refractivity contribution in [2.45, 2.75) is 52.7 Å². The predicted molar refractivity (Wildman–Crippen MR) is 57.7 cm³/mol. The first-order chi connectivity index (χ1) is 6.57. The van der Waals surface area contributed by atoms with Crippen molar-refractivity contribution in [2.75, 3.05) is 0 Å². The van der Waals surface area contributed by atoms with E-state index in [9.17, 15) is 0 Å². The first-order valence-corrected chi connectivity index (χ1v) is 5.57. The summed E-state index contributed by atoms with van der Waals surface area (Å²) < 4.78 is 11.5. The number of hydrogen-bond donors (Lipinski definition) is 0. The molecule has 0 radical (unpaired) electrons. The van der Waals surface area contributed by atoms with Crippen LogP contribution >= 0.6 is 0 Å². The molecule has 0 spiro atoms. The molecule has 2 aliphatic rings. The van der Waals surface area contributed by atoms with Gasteiger partial charge < -0.3 is 9.31 Å². The van der Waals surface area contributed by atoms with Gasteiger partial charge in [0.2, 0.25) is 0 Å². The van der Waals surface area contributed by atoms with E-state index in [0.717, 1.165) is 6.42 Å². The molecule has 3 heteroatoms. The molecular weight excluding hydrogens is 175 g/mol. The summed E-state index contributed by atoms with van der Waals surface area (Å²) in [5, 5.41) is 0. The van der Waals surface area contributed by atoms with Crippen LogP contribution in [0.4, 0.5) is 0 Å². The fourth-order valence-electron chi connectivity index (χ4n) is 1.89. The summed E-state index contributed by atoms with van der Waals surface area (Å²) in [6.45, 7) is 6.43. The van der Waals surface area contributed by atoms with Crippen molar-refractivity contribution in [1.82, 2.24) is 0 Å². The quantitative estimate of drug-likeness (QED) is 0.597. The largest absolute Gasteiger partial charge is 0.492 e. The molecule has 0 amide bonds. The minimum Gasteiger partial charge on any atom is -0.382 e. The van der Waals surface area contributed by atoms with E-state index in [1.807, 2.05) is 0 Å². The van der Waals surface area contributed by atoms with Crippen molar-refractivity contribution in [3.05, 3.63) is 11.5 Å². The Morgan fingerprint density at radius 2 is 2.00 bits per heavy atom. The van der Waals surface area contributed by atoms with Crippen molar-refractivity contribution < 1.29 is 9.31 Å². The maximum atomic E-state index is 5.75. The van der Waals surface area contributed by atoms with E-state index < -0.39 is 0 Å². The van der Waals surface area contributed by atoms with Crippen LogP contribution in [0.3, 0.4) is 0 Å². The predicted octanol–water partition coefficient (Wildman–Crippen LogP) is 2.93. The fraction of sp³-hybridized carbons (Fsp3) is 0.818. The van der Waals surface area contributed by atoms with Crippen LogP contribution in [0.2, 0.25) is 0 Å². The third-order valence-electron chi connectivity index (χ3n) is 2.83. The zero-order chi connectivity index (χ0) is 10.2. The first-order valence-electron chi connectivity index (χ1n) is 5.57. The van der Waals surface area contributed by atoms with Crippen LogP contribution in [-0.4, -0.2) is 13.4 Å². The Morgan fingerprint density at radius 1 is 1.29 bits per heavy atom. The highest BCUT2D eigenvalue weighted by Crippen LogP contribution is 2.35. The van der Waals surface area contributed by atoms with Gasteiger partial charge in [0, 0.05) is 5.41 Å². The molecule has 1 aliphatic carbocycles. The standard InChI is InChI=1S/C11H19BO2/c1-11(2,3)10-13-12(14-10)9-7-5-4-6-8-9/h7,10H,4-6,8H2,1-3H3. The van der Waals surface area contributed by atoms with Crippen molar-refractivity contribution in [2.24, 2.45) is 5.41 Å². The number of rotatable bonds is 1. The SMILES string of the molecule is CC(C)(C)C1OB(C2=CCCCC2)O1. The summed E-state index contributed by atoms with van der Waals surface area (Å²) in [4.78, 5) is 0. The van der Waals surface area contributed by atoms with E-state index in [1.54, 1.807) is 0 Å². The molecule has 1 heterocycles. The van der Waals surface area contributed by atoms with Crippen molar-refractivity contribution >= 4 is 7.12 Å². The van der Waals surface area contributed by atoms with Gasteiger partial charge in [-0.3, -0.25) is 0 Å². The van der Waals surface area contributed by atoms with Crippen LogP contribution in [0.15, 0.2) is 11.5 Å². The van der Waals surface area contributed by atoms with Crippen molar-refractivity contribution in [3.8, 4) is 0 Å². The summed E-state index contributed by atoms with van der Waals surface area (Å²) in [5.74, 6) is 0. The highest BCUT2D eigenvalue weighted by atomic mass is 16.8. The summed E-state index contributed by atoms with van der Waals surface area (Å²) in [6, 6.07) is 0. The molecule has 0 aromatic rings. The average molecular weight is 194 g/mol. The third-order valence-corrected chi connectivity index (χ3v) is 2.83. The lowest BCUT2D eigenvalue weighted by Crippen LogP contribution is -2.53. The van der Waals surface area contributed by atoms with Crippen LogP contribution in [0.1, 0.15) is 46.5 Å². The Balaban J connectivity index is 1.85. The Bertz CT molecular complexity index is 236. The summed E-state index contributed by atoms with van der Waals surface area (Å²) in [6.07, 6.45) is 7.22. The lowest BCUT2D eigenvalue weighted by Gasteiger charge is -2.43. The molecule has 0 aromatic carbocycles. The van der Waals surface area contributed by atoms with Gasteiger partial charge in [-0.1, -0.05) is 26.8 Å². The molecule has 78 valence electrons. The summed E-state index contributed by atoms with van der Waals surface area (Å²) in [7, 11) is -0.0282. The molecule has 0 bridgehead atoms. The Hall–Kier alpha value is -0.275. The monoisotopic (exact) mass is 194 g/mol. The highest BCUT2D eigenvalue weighted by molar-refractivity contribution is 6.55. The molecule has 1 aliphatic heterocycles. The average Bonchev–Trinajstić information content (AvgIpc) is 2.00. The molecule has 0 saturated carbocycles. The summed E-state index contributed by atoms with van der Waals surface area (Å²) >= 11 is 0. The second-order valence-electron chi connectivity index (χ2n) is 5.33. The van der Waals surface area contributed by atoms with Crippen LogP contribution in [-0.2, 0) is 9.31 Å². The molecule has 2 rings (SSSR count). The second kappa shape index (κ2) is 3.71. The smallest absolute Gasteiger partial charge is 0.382 e. The lowest BCUT2D eigenvalue weighted by atomic mass is 9.69. The van der Waals surface area contributed by atoms with E-state index in [1.165, 1.54) is 24.7 Å². The van der Waals surface area contributed by atoms with E-state index in [0.29, 0.717) is 0 Å². The minimum atomic E-state index is -0.0282. The van der Waals surface area contributed by atoms with Gasteiger partial charge in [0.25, 0.3) is 0 Å². The minimum absolute atomic E-state index is 0.0182. The third kappa shape index (κ3) is 2.04. The van der Waals surface area contributed by atoms with Gasteiger partial charge in [0.1, 0.15) is 6.29 Å². The van der Waals surface area contributed by atoms with Crippen LogP contribution < -0.4 is 0 Å². The molecule has 1 saturated heterocycles. The highest BCUT2D eigenvalue weighted by Gasteiger charge is 2.45. The zero-order valence-electron chi connectivity index (χ0n) is 9.38. The maximum absolute atomic E-state index is 5.75. The molecule has 1 fully saturated rings. The van der Waals surface area contributed by atoms with Gasteiger partial charge in [-0.05, 0) is 31.2 Å². The molecule has 0 aromatic heterocycles. The Morgan fingerprint density at radius 3 is 2.50 bits per heavy atom. The van der Waals surface area contributed by atoms with Crippen molar-refractivity contribution in [3.63, 3.8) is 0 Å². The summed E-state index contributed by atoms with van der Waals surface area (Å²) in [5.41, 5.74) is 1.46. The topological polar surface area (TPSA) is 18.5 Å². The van der Waals surface area contributed by atoms with Gasteiger partial charge in [-0.15, -0.1) is 0 Å². The van der Waals surface area contributed by atoms with E-state index >= 15 is 0 Å². The second-order valence-corrected chi connectivity index (χ2v) is 5.33. The molecule has 2 nitrogen and oxygen atoms in total. The Kier molecular flexibility index (Phi) is 2.71. The zero-order valence-corrected chi connectivity index (χ0v) is 9.38. The molecule has 14 heavy (non-hydrogen) atoms. The van der Waals surface area contributed by atoms with Crippen LogP contribution in [0, 0.1) is 5.41 Å². The lowest BCUT2D eigenvalue weighted by molar-refractivity contribution is -0.169. The normalized spacial score (nSPS) is 24.5. The fourth-order valence-corrected chi connectivity index (χ4v) is 1.89. The molecule has 0 N–H and O–H groups in total. The van der Waals surface area contributed by atoms with Crippen LogP contribution in [0.5, 0.6) is 0 Å². The van der Waals surface area contributed by atoms with Gasteiger partial charge in [-0.25, -0.2) is 0 Å². The van der Waals surface area contributed by atoms with Crippen molar-refractivity contribution in [1.29, 1.82) is 0 Å². The van der Waals surface area contributed by atoms with E-state index in [-0.39, 0.29) is 18.8 Å². The van der Waals surface area contributed by atoms with E-state index in [4.69, 9.17) is 9.31 Å². The van der Waals surface area contributed by atoms with Crippen LogP contribution in [0.25, 0.3) is 0 Å². The van der Waals surface area contributed by atoms with Gasteiger partial charge >= 0.3 is 7.12 Å². The molecule has 0 atom stereocenters. The number of hydrogen-bond acceptors (Lipinski definition) is 2. The number of allylic oxidation sites excluding steroid dienone is 2. The maximum Gasteiger partial charge on any atom is 0.492 e.